The van der Waals surface area contributed by atoms with Gasteiger partial charge in [0.25, 0.3) is 0 Å². The Labute approximate surface area is 108 Å². The average molecular weight is 248 g/mol. The Bertz CT molecular complexity index is 369. The number of carbonyl (C=O) groups excluding carboxylic acids is 1. The minimum Gasteiger partial charge on any atom is -0.461 e. The average Bonchev–Trinajstić information content (AvgIpc) is 2.46. The standard InChI is InChI=1S/C15H20O3/c1-12(14-9-5-6-10-17-14)15(16)18-11-13-7-3-2-4-8-13/h2-4,7-8,12,14H,5-6,9-11H2,1H3/t12-,14-/m0/s1. The van der Waals surface area contributed by atoms with Crippen LogP contribution in [0.1, 0.15) is 31.7 Å². The fourth-order valence-electron chi connectivity index (χ4n) is 2.17. The largest absolute Gasteiger partial charge is 0.461 e. The monoisotopic (exact) mass is 248 g/mol. The van der Waals surface area contributed by atoms with Crippen molar-refractivity contribution in [2.75, 3.05) is 6.61 Å². The van der Waals surface area contributed by atoms with E-state index >= 15 is 0 Å². The van der Waals surface area contributed by atoms with Crippen LogP contribution < -0.4 is 0 Å². The summed E-state index contributed by atoms with van der Waals surface area (Å²) in [5.41, 5.74) is 1.02. The predicted molar refractivity (Wildman–Crippen MR) is 69.0 cm³/mol. The number of hydrogen-bond donors (Lipinski definition) is 0. The second-order valence-corrected chi connectivity index (χ2v) is 4.79. The van der Waals surface area contributed by atoms with Gasteiger partial charge in [-0.2, -0.15) is 0 Å². The Morgan fingerprint density at radius 3 is 2.83 bits per heavy atom. The number of hydrogen-bond acceptors (Lipinski definition) is 3. The quantitative estimate of drug-likeness (QED) is 0.768. The van der Waals surface area contributed by atoms with Crippen LogP contribution in [0.4, 0.5) is 0 Å². The Hall–Kier alpha value is -1.35. The zero-order valence-corrected chi connectivity index (χ0v) is 10.8. The lowest BCUT2D eigenvalue weighted by Gasteiger charge is -2.26. The molecule has 1 heterocycles. The topological polar surface area (TPSA) is 35.5 Å². The smallest absolute Gasteiger partial charge is 0.311 e. The third-order valence-electron chi connectivity index (χ3n) is 3.37. The molecule has 1 fully saturated rings. The molecule has 0 radical (unpaired) electrons. The van der Waals surface area contributed by atoms with Crippen molar-refractivity contribution in [3.63, 3.8) is 0 Å². The van der Waals surface area contributed by atoms with E-state index in [4.69, 9.17) is 9.47 Å². The minimum atomic E-state index is -0.172. The maximum Gasteiger partial charge on any atom is 0.311 e. The van der Waals surface area contributed by atoms with E-state index in [1.54, 1.807) is 0 Å². The van der Waals surface area contributed by atoms with Gasteiger partial charge < -0.3 is 9.47 Å². The number of ether oxygens (including phenoxy) is 2. The van der Waals surface area contributed by atoms with E-state index < -0.39 is 0 Å². The lowest BCUT2D eigenvalue weighted by atomic mass is 9.97. The molecule has 2 rings (SSSR count). The van der Waals surface area contributed by atoms with E-state index in [0.717, 1.165) is 31.4 Å². The second-order valence-electron chi connectivity index (χ2n) is 4.79. The van der Waals surface area contributed by atoms with Gasteiger partial charge >= 0.3 is 5.97 Å². The van der Waals surface area contributed by atoms with Gasteiger partial charge in [-0.3, -0.25) is 4.79 Å². The summed E-state index contributed by atoms with van der Waals surface area (Å²) in [6.45, 7) is 3.00. The molecule has 2 atom stereocenters. The zero-order chi connectivity index (χ0) is 12.8. The fourth-order valence-corrected chi connectivity index (χ4v) is 2.17. The highest BCUT2D eigenvalue weighted by atomic mass is 16.5. The summed E-state index contributed by atoms with van der Waals surface area (Å²) >= 11 is 0. The second kappa shape index (κ2) is 6.55. The molecule has 1 aliphatic heterocycles. The van der Waals surface area contributed by atoms with Crippen LogP contribution in [0.25, 0.3) is 0 Å². The van der Waals surface area contributed by atoms with Crippen molar-refractivity contribution in [1.82, 2.24) is 0 Å². The normalized spacial score (nSPS) is 21.3. The van der Waals surface area contributed by atoms with Crippen LogP contribution in [-0.4, -0.2) is 18.7 Å². The maximum atomic E-state index is 11.9. The van der Waals surface area contributed by atoms with Crippen LogP contribution >= 0.6 is 0 Å². The molecule has 0 bridgehead atoms. The summed E-state index contributed by atoms with van der Waals surface area (Å²) in [4.78, 5) is 11.9. The first-order valence-corrected chi connectivity index (χ1v) is 6.59. The molecule has 0 amide bonds. The fraction of sp³-hybridized carbons (Fsp3) is 0.533. The number of benzene rings is 1. The van der Waals surface area contributed by atoms with Gasteiger partial charge in [0.2, 0.25) is 0 Å². The molecular weight excluding hydrogens is 228 g/mol. The predicted octanol–water partition coefficient (Wildman–Crippen LogP) is 2.94. The molecular formula is C15H20O3. The van der Waals surface area contributed by atoms with Gasteiger partial charge in [0.05, 0.1) is 12.0 Å². The Balaban J connectivity index is 1.80. The molecule has 0 aromatic heterocycles. The van der Waals surface area contributed by atoms with Crippen molar-refractivity contribution in [1.29, 1.82) is 0 Å². The molecule has 3 nitrogen and oxygen atoms in total. The summed E-state index contributed by atoms with van der Waals surface area (Å²) < 4.78 is 10.9. The molecule has 0 aliphatic carbocycles. The first-order valence-electron chi connectivity index (χ1n) is 6.59. The molecule has 1 aromatic rings. The van der Waals surface area contributed by atoms with E-state index in [2.05, 4.69) is 0 Å². The van der Waals surface area contributed by atoms with E-state index in [9.17, 15) is 4.79 Å². The molecule has 1 aliphatic rings. The summed E-state index contributed by atoms with van der Waals surface area (Å²) in [5.74, 6) is -0.334. The van der Waals surface area contributed by atoms with Crippen molar-refractivity contribution in [3.8, 4) is 0 Å². The Kier molecular flexibility index (Phi) is 4.76. The van der Waals surface area contributed by atoms with Crippen LogP contribution in [0, 0.1) is 5.92 Å². The van der Waals surface area contributed by atoms with Crippen molar-refractivity contribution >= 4 is 5.97 Å². The minimum absolute atomic E-state index is 0.0297. The van der Waals surface area contributed by atoms with Gasteiger partial charge in [0.15, 0.2) is 0 Å². The van der Waals surface area contributed by atoms with Crippen molar-refractivity contribution < 1.29 is 14.3 Å². The van der Waals surface area contributed by atoms with Crippen molar-refractivity contribution in [2.24, 2.45) is 5.92 Å². The molecule has 98 valence electrons. The number of rotatable bonds is 4. The molecule has 1 aromatic carbocycles. The zero-order valence-electron chi connectivity index (χ0n) is 10.8. The van der Waals surface area contributed by atoms with Gasteiger partial charge in [0, 0.05) is 6.61 Å². The molecule has 1 saturated heterocycles. The maximum absolute atomic E-state index is 11.9. The summed E-state index contributed by atoms with van der Waals surface area (Å²) in [7, 11) is 0. The van der Waals surface area contributed by atoms with Crippen LogP contribution in [0.3, 0.4) is 0 Å². The lowest BCUT2D eigenvalue weighted by molar-refractivity contribution is -0.156. The molecule has 0 N–H and O–H groups in total. The molecule has 3 heteroatoms. The first-order chi connectivity index (χ1) is 8.77. The highest BCUT2D eigenvalue weighted by molar-refractivity contribution is 5.72. The molecule has 0 saturated carbocycles. The number of carbonyl (C=O) groups is 1. The van der Waals surface area contributed by atoms with Crippen LogP contribution in [0.5, 0.6) is 0 Å². The molecule has 18 heavy (non-hydrogen) atoms. The van der Waals surface area contributed by atoms with Gasteiger partial charge in [-0.1, -0.05) is 30.3 Å². The van der Waals surface area contributed by atoms with Crippen LogP contribution in [-0.2, 0) is 20.9 Å². The van der Waals surface area contributed by atoms with Gasteiger partial charge in [-0.05, 0) is 31.7 Å². The van der Waals surface area contributed by atoms with Crippen molar-refractivity contribution in [2.45, 2.75) is 38.9 Å². The van der Waals surface area contributed by atoms with E-state index in [1.807, 2.05) is 37.3 Å². The van der Waals surface area contributed by atoms with E-state index in [-0.39, 0.29) is 18.0 Å². The Morgan fingerprint density at radius 2 is 2.17 bits per heavy atom. The van der Waals surface area contributed by atoms with E-state index in [0.29, 0.717) is 6.61 Å². The third-order valence-corrected chi connectivity index (χ3v) is 3.37. The van der Waals surface area contributed by atoms with Crippen molar-refractivity contribution in [3.05, 3.63) is 35.9 Å². The SMILES string of the molecule is C[C@H](C(=O)OCc1ccccc1)[C@@H]1CCCCO1. The number of esters is 1. The summed E-state index contributed by atoms with van der Waals surface area (Å²) in [6.07, 6.45) is 3.23. The Morgan fingerprint density at radius 1 is 1.39 bits per heavy atom. The van der Waals surface area contributed by atoms with Gasteiger partial charge in [0.1, 0.15) is 6.61 Å². The lowest BCUT2D eigenvalue weighted by Crippen LogP contribution is -2.32. The van der Waals surface area contributed by atoms with Crippen LogP contribution in [0.2, 0.25) is 0 Å². The van der Waals surface area contributed by atoms with Gasteiger partial charge in [-0.15, -0.1) is 0 Å². The third kappa shape index (κ3) is 3.57. The van der Waals surface area contributed by atoms with E-state index in [1.165, 1.54) is 0 Å². The summed E-state index contributed by atoms with van der Waals surface area (Å²) in [5, 5.41) is 0. The molecule has 0 spiro atoms. The summed E-state index contributed by atoms with van der Waals surface area (Å²) in [6, 6.07) is 9.74. The molecule has 0 unspecified atom stereocenters. The van der Waals surface area contributed by atoms with Gasteiger partial charge in [-0.25, -0.2) is 0 Å². The first kappa shape index (κ1) is 13.1. The highest BCUT2D eigenvalue weighted by Crippen LogP contribution is 2.21. The highest BCUT2D eigenvalue weighted by Gasteiger charge is 2.27. The van der Waals surface area contributed by atoms with Crippen LogP contribution in [0.15, 0.2) is 30.3 Å².